The predicted molar refractivity (Wildman–Crippen MR) is 129 cm³/mol. The summed E-state index contributed by atoms with van der Waals surface area (Å²) in [6, 6.07) is 18.0. The molecule has 180 valence electrons. The number of rotatable bonds is 7. The van der Waals surface area contributed by atoms with E-state index in [0.29, 0.717) is 33.2 Å². The maximum absolute atomic E-state index is 12.9. The van der Waals surface area contributed by atoms with E-state index in [1.807, 2.05) is 31.2 Å². The maximum atomic E-state index is 12.9. The second-order valence-electron chi connectivity index (χ2n) is 7.68. The Balaban J connectivity index is 1.53. The first kappa shape index (κ1) is 24.2. The molecule has 0 amide bonds. The molecule has 0 spiro atoms. The number of ether oxygens (including phenoxy) is 2. The van der Waals surface area contributed by atoms with E-state index in [1.54, 1.807) is 30.5 Å². The van der Waals surface area contributed by atoms with Crippen molar-refractivity contribution in [2.24, 2.45) is 5.10 Å². The predicted octanol–water partition coefficient (Wildman–Crippen LogP) is 6.40. The molecule has 0 fully saturated rings. The summed E-state index contributed by atoms with van der Waals surface area (Å²) >= 11 is 5.32. The first-order valence-corrected chi connectivity index (χ1v) is 10.9. The molecule has 4 rings (SSSR count). The lowest BCUT2D eigenvalue weighted by molar-refractivity contribution is -0.137. The molecule has 0 unspecified atom stereocenters. The van der Waals surface area contributed by atoms with Crippen LogP contribution in [-0.2, 0) is 12.8 Å². The van der Waals surface area contributed by atoms with E-state index >= 15 is 0 Å². The highest BCUT2D eigenvalue weighted by Crippen LogP contribution is 2.31. The van der Waals surface area contributed by atoms with Gasteiger partial charge in [0.15, 0.2) is 17.3 Å². The lowest BCUT2D eigenvalue weighted by Gasteiger charge is -2.13. The molecule has 1 N–H and O–H groups in total. The van der Waals surface area contributed by atoms with E-state index < -0.39 is 11.7 Å². The van der Waals surface area contributed by atoms with Gasteiger partial charge in [0.1, 0.15) is 6.61 Å². The van der Waals surface area contributed by atoms with Gasteiger partial charge in [-0.15, -0.1) is 0 Å². The van der Waals surface area contributed by atoms with E-state index in [4.69, 9.17) is 21.7 Å². The number of hydrogen-bond donors (Lipinski definition) is 1. The molecule has 1 heterocycles. The molecule has 1 aromatic heterocycles. The van der Waals surface area contributed by atoms with Crippen LogP contribution in [0.3, 0.4) is 0 Å². The minimum Gasteiger partial charge on any atom is -0.493 e. The Morgan fingerprint density at radius 3 is 2.60 bits per heavy atom. The molecular weight excluding hydrogens is 477 g/mol. The van der Waals surface area contributed by atoms with Gasteiger partial charge in [-0.1, -0.05) is 35.9 Å². The van der Waals surface area contributed by atoms with Crippen molar-refractivity contribution in [3.05, 3.63) is 93.8 Å². The van der Waals surface area contributed by atoms with Crippen LogP contribution in [0.2, 0.25) is 0 Å². The van der Waals surface area contributed by atoms with Crippen molar-refractivity contribution in [1.29, 1.82) is 0 Å². The number of aromatic nitrogens is 3. The summed E-state index contributed by atoms with van der Waals surface area (Å²) < 4.78 is 51.8. The Hall–Kier alpha value is -3.92. The fraction of sp³-hybridized carbons (Fsp3) is 0.160. The zero-order valence-corrected chi connectivity index (χ0v) is 19.7. The highest BCUT2D eigenvalue weighted by molar-refractivity contribution is 7.71. The monoisotopic (exact) mass is 498 g/mol. The number of halogens is 3. The van der Waals surface area contributed by atoms with Crippen molar-refractivity contribution in [3.8, 4) is 22.9 Å². The number of alkyl halides is 3. The highest BCUT2D eigenvalue weighted by Gasteiger charge is 2.30. The molecule has 4 aromatic rings. The molecule has 0 radical (unpaired) electrons. The molecule has 6 nitrogen and oxygen atoms in total. The second kappa shape index (κ2) is 10.1. The standard InChI is InChI=1S/C25H21F3N4O2S/c1-16-5-3-7-19(11-16)23-30-31-24(35)32(23)29-14-17-9-10-21(22(13-17)33-2)34-15-18-6-4-8-20(12-18)25(26,27)28/h3-14H,15H2,1-2H3,(H,31,35)/b29-14-. The molecule has 0 aliphatic heterocycles. The number of hydrogen-bond acceptors (Lipinski definition) is 5. The van der Waals surface area contributed by atoms with Crippen LogP contribution in [0.5, 0.6) is 11.5 Å². The van der Waals surface area contributed by atoms with E-state index in [2.05, 4.69) is 15.3 Å². The Morgan fingerprint density at radius 1 is 1.06 bits per heavy atom. The summed E-state index contributed by atoms with van der Waals surface area (Å²) in [5, 5.41) is 11.5. The summed E-state index contributed by atoms with van der Waals surface area (Å²) in [5.41, 5.74) is 2.32. The van der Waals surface area contributed by atoms with Crippen molar-refractivity contribution < 1.29 is 22.6 Å². The molecule has 0 atom stereocenters. The Kier molecular flexibility index (Phi) is 7.02. The van der Waals surface area contributed by atoms with Gasteiger partial charge < -0.3 is 9.47 Å². The van der Waals surface area contributed by atoms with Gasteiger partial charge in [0.05, 0.1) is 18.9 Å². The Morgan fingerprint density at radius 2 is 1.86 bits per heavy atom. The molecule has 10 heteroatoms. The van der Waals surface area contributed by atoms with E-state index in [9.17, 15) is 13.2 Å². The smallest absolute Gasteiger partial charge is 0.416 e. The lowest BCUT2D eigenvalue weighted by Crippen LogP contribution is -2.06. The first-order chi connectivity index (χ1) is 16.7. The number of aromatic amines is 1. The maximum Gasteiger partial charge on any atom is 0.416 e. The van der Waals surface area contributed by atoms with Crippen molar-refractivity contribution in [3.63, 3.8) is 0 Å². The quantitative estimate of drug-likeness (QED) is 0.236. The number of H-pyrrole nitrogens is 1. The van der Waals surface area contributed by atoms with E-state index in [-0.39, 0.29) is 6.61 Å². The minimum absolute atomic E-state index is 0.0439. The topological polar surface area (TPSA) is 64.4 Å². The highest BCUT2D eigenvalue weighted by atomic mass is 32.1. The largest absolute Gasteiger partial charge is 0.493 e. The average Bonchev–Trinajstić information content (AvgIpc) is 3.21. The van der Waals surface area contributed by atoms with Crippen LogP contribution in [0.1, 0.15) is 22.3 Å². The minimum atomic E-state index is -4.41. The van der Waals surface area contributed by atoms with Crippen molar-refractivity contribution >= 4 is 18.4 Å². The van der Waals surface area contributed by atoms with Gasteiger partial charge >= 0.3 is 6.18 Å². The molecule has 3 aromatic carbocycles. The van der Waals surface area contributed by atoms with Gasteiger partial charge in [0.2, 0.25) is 4.77 Å². The number of methoxy groups -OCH3 is 1. The zero-order valence-electron chi connectivity index (χ0n) is 18.8. The van der Waals surface area contributed by atoms with Gasteiger partial charge in [-0.2, -0.15) is 28.0 Å². The van der Waals surface area contributed by atoms with Crippen LogP contribution >= 0.6 is 12.2 Å². The molecule has 0 saturated carbocycles. The third-order valence-electron chi connectivity index (χ3n) is 5.09. The zero-order chi connectivity index (χ0) is 25.0. The van der Waals surface area contributed by atoms with Crippen LogP contribution in [0.15, 0.2) is 71.8 Å². The van der Waals surface area contributed by atoms with Crippen molar-refractivity contribution in [2.45, 2.75) is 19.7 Å². The third kappa shape index (κ3) is 5.78. The van der Waals surface area contributed by atoms with Crippen LogP contribution in [-0.4, -0.2) is 28.2 Å². The van der Waals surface area contributed by atoms with Crippen LogP contribution < -0.4 is 9.47 Å². The summed E-state index contributed by atoms with van der Waals surface area (Å²) in [6.07, 6.45) is -2.81. The summed E-state index contributed by atoms with van der Waals surface area (Å²) in [6.45, 7) is 1.94. The number of nitrogens with one attached hydrogen (secondary N) is 1. The van der Waals surface area contributed by atoms with Gasteiger partial charge in [-0.3, -0.25) is 0 Å². The number of aryl methyl sites for hydroxylation is 1. The summed E-state index contributed by atoms with van der Waals surface area (Å²) in [7, 11) is 1.48. The summed E-state index contributed by atoms with van der Waals surface area (Å²) in [5.74, 6) is 1.38. The Labute approximate surface area is 204 Å². The molecular formula is C25H21F3N4O2S. The molecule has 0 saturated heterocycles. The molecule has 35 heavy (non-hydrogen) atoms. The molecule has 0 aliphatic carbocycles. The number of benzene rings is 3. The average molecular weight is 499 g/mol. The van der Waals surface area contributed by atoms with Gasteiger partial charge in [-0.05, 0) is 66.7 Å². The van der Waals surface area contributed by atoms with Gasteiger partial charge in [-0.25, -0.2) is 5.10 Å². The van der Waals surface area contributed by atoms with Gasteiger partial charge in [0, 0.05) is 5.56 Å². The van der Waals surface area contributed by atoms with Crippen molar-refractivity contribution in [1.82, 2.24) is 14.9 Å². The second-order valence-corrected chi connectivity index (χ2v) is 8.06. The van der Waals surface area contributed by atoms with Crippen LogP contribution in [0.4, 0.5) is 13.2 Å². The lowest BCUT2D eigenvalue weighted by atomic mass is 10.1. The molecule has 0 bridgehead atoms. The fourth-order valence-electron chi connectivity index (χ4n) is 3.38. The third-order valence-corrected chi connectivity index (χ3v) is 5.35. The first-order valence-electron chi connectivity index (χ1n) is 10.5. The normalized spacial score (nSPS) is 11.7. The molecule has 0 aliphatic rings. The SMILES string of the molecule is COc1cc(/C=N\n2c(-c3cccc(C)c3)n[nH]c2=S)ccc1OCc1cccc(C(F)(F)F)c1. The van der Waals surface area contributed by atoms with E-state index in [1.165, 1.54) is 17.9 Å². The Bertz CT molecular complexity index is 1430. The summed E-state index contributed by atoms with van der Waals surface area (Å²) in [4.78, 5) is 0. The van der Waals surface area contributed by atoms with Crippen LogP contribution in [0, 0.1) is 11.7 Å². The van der Waals surface area contributed by atoms with Gasteiger partial charge in [0.25, 0.3) is 0 Å². The van der Waals surface area contributed by atoms with Crippen LogP contribution in [0.25, 0.3) is 11.4 Å². The number of nitrogens with zero attached hydrogens (tertiary/aromatic N) is 3. The van der Waals surface area contributed by atoms with E-state index in [0.717, 1.165) is 23.3 Å². The van der Waals surface area contributed by atoms with Crippen molar-refractivity contribution in [2.75, 3.05) is 7.11 Å². The fourth-order valence-corrected chi connectivity index (χ4v) is 3.56.